The minimum atomic E-state index is -0.482. The Bertz CT molecular complexity index is 459. The molecule has 2 amide bonds. The molecule has 0 aliphatic carbocycles. The number of likely N-dealkylation sites (tertiary alicyclic amines) is 1. The zero-order chi connectivity index (χ0) is 12.4. The first kappa shape index (κ1) is 11.4. The van der Waals surface area contributed by atoms with E-state index in [1.54, 1.807) is 24.3 Å². The van der Waals surface area contributed by atoms with Gasteiger partial charge in [-0.1, -0.05) is 6.07 Å². The number of primary amides is 1. The predicted octanol–water partition coefficient (Wildman–Crippen LogP) is 0.359. The summed E-state index contributed by atoms with van der Waals surface area (Å²) in [6.45, 7) is 0.571. The van der Waals surface area contributed by atoms with Crippen LogP contribution in [0.15, 0.2) is 24.3 Å². The lowest BCUT2D eigenvalue weighted by Gasteiger charge is -2.22. The molecule has 0 bridgehead atoms. The number of benzene rings is 1. The zero-order valence-corrected chi connectivity index (χ0v) is 9.43. The van der Waals surface area contributed by atoms with Crippen molar-refractivity contribution < 1.29 is 9.59 Å². The molecule has 5 nitrogen and oxygen atoms in total. The Balaban J connectivity index is 2.23. The molecule has 1 fully saturated rings. The van der Waals surface area contributed by atoms with Gasteiger partial charge in [0.2, 0.25) is 5.91 Å². The smallest absolute Gasteiger partial charge is 0.254 e. The maximum atomic E-state index is 12.2. The Labute approximate surface area is 99.4 Å². The second-order valence-electron chi connectivity index (χ2n) is 4.18. The topological polar surface area (TPSA) is 89.4 Å². The van der Waals surface area contributed by atoms with Gasteiger partial charge < -0.3 is 16.4 Å². The number of anilines is 1. The van der Waals surface area contributed by atoms with Gasteiger partial charge in [0.25, 0.3) is 5.91 Å². The normalized spacial score (nSPS) is 19.3. The Morgan fingerprint density at radius 3 is 2.76 bits per heavy atom. The van der Waals surface area contributed by atoms with Crippen molar-refractivity contribution in [2.75, 3.05) is 12.3 Å². The summed E-state index contributed by atoms with van der Waals surface area (Å²) < 4.78 is 0. The number of carbonyl (C=O) groups is 2. The summed E-state index contributed by atoms with van der Waals surface area (Å²) in [5, 5.41) is 0. The van der Waals surface area contributed by atoms with Gasteiger partial charge in [0.05, 0.1) is 0 Å². The Morgan fingerprint density at radius 1 is 1.35 bits per heavy atom. The number of amides is 2. The summed E-state index contributed by atoms with van der Waals surface area (Å²) in [6.07, 6.45) is 1.45. The highest BCUT2D eigenvalue weighted by molar-refractivity contribution is 5.98. The van der Waals surface area contributed by atoms with Gasteiger partial charge in [0.15, 0.2) is 0 Å². The molecule has 1 aromatic rings. The van der Waals surface area contributed by atoms with E-state index < -0.39 is 11.9 Å². The summed E-state index contributed by atoms with van der Waals surface area (Å²) >= 11 is 0. The third-order valence-corrected chi connectivity index (χ3v) is 2.98. The highest BCUT2D eigenvalue weighted by atomic mass is 16.2. The molecular formula is C12H15N3O2. The van der Waals surface area contributed by atoms with E-state index in [4.69, 9.17) is 11.5 Å². The molecule has 0 saturated carbocycles. The monoisotopic (exact) mass is 233 g/mol. The molecule has 17 heavy (non-hydrogen) atoms. The largest absolute Gasteiger partial charge is 0.399 e. The second kappa shape index (κ2) is 4.45. The van der Waals surface area contributed by atoms with Crippen molar-refractivity contribution in [3.8, 4) is 0 Å². The molecule has 1 aliphatic heterocycles. The minimum absolute atomic E-state index is 0.182. The van der Waals surface area contributed by atoms with Crippen LogP contribution in [0, 0.1) is 0 Å². The highest BCUT2D eigenvalue weighted by Gasteiger charge is 2.32. The van der Waals surface area contributed by atoms with Crippen LogP contribution < -0.4 is 11.5 Å². The van der Waals surface area contributed by atoms with Crippen LogP contribution in [0.1, 0.15) is 23.2 Å². The standard InChI is InChI=1S/C12H15N3O2/c13-9-4-1-3-8(7-9)12(17)15-6-2-5-10(15)11(14)16/h1,3-4,7,10H,2,5-6,13H2,(H2,14,16). The molecule has 1 aliphatic rings. The van der Waals surface area contributed by atoms with Crippen molar-refractivity contribution in [2.45, 2.75) is 18.9 Å². The van der Waals surface area contributed by atoms with Crippen LogP contribution in [0.2, 0.25) is 0 Å². The van der Waals surface area contributed by atoms with E-state index >= 15 is 0 Å². The van der Waals surface area contributed by atoms with Crippen LogP contribution in [0.25, 0.3) is 0 Å². The summed E-state index contributed by atoms with van der Waals surface area (Å²) in [6, 6.07) is 6.25. The number of nitrogen functional groups attached to an aromatic ring is 1. The van der Waals surface area contributed by atoms with E-state index in [9.17, 15) is 9.59 Å². The Hall–Kier alpha value is -2.04. The molecule has 0 spiro atoms. The molecule has 90 valence electrons. The van der Waals surface area contributed by atoms with Crippen molar-refractivity contribution in [3.05, 3.63) is 29.8 Å². The third-order valence-electron chi connectivity index (χ3n) is 2.98. The zero-order valence-electron chi connectivity index (χ0n) is 9.43. The molecule has 1 aromatic carbocycles. The molecule has 1 heterocycles. The van der Waals surface area contributed by atoms with Gasteiger partial charge in [-0.25, -0.2) is 0 Å². The fourth-order valence-electron chi connectivity index (χ4n) is 2.14. The third kappa shape index (κ3) is 2.22. The molecule has 1 atom stereocenters. The lowest BCUT2D eigenvalue weighted by atomic mass is 10.1. The van der Waals surface area contributed by atoms with Gasteiger partial charge in [-0.3, -0.25) is 9.59 Å². The summed E-state index contributed by atoms with van der Waals surface area (Å²) in [5.41, 5.74) is 11.9. The number of rotatable bonds is 2. The maximum Gasteiger partial charge on any atom is 0.254 e. The van der Waals surface area contributed by atoms with Gasteiger partial charge in [0, 0.05) is 17.8 Å². The summed E-state index contributed by atoms with van der Waals surface area (Å²) in [4.78, 5) is 24.9. The van der Waals surface area contributed by atoms with E-state index in [1.807, 2.05) is 0 Å². The van der Waals surface area contributed by atoms with Crippen molar-refractivity contribution in [1.82, 2.24) is 4.90 Å². The molecule has 1 unspecified atom stereocenters. The van der Waals surface area contributed by atoms with E-state index in [0.717, 1.165) is 6.42 Å². The minimum Gasteiger partial charge on any atom is -0.399 e. The second-order valence-corrected chi connectivity index (χ2v) is 4.18. The van der Waals surface area contributed by atoms with E-state index in [-0.39, 0.29) is 5.91 Å². The van der Waals surface area contributed by atoms with Crippen molar-refractivity contribution in [2.24, 2.45) is 5.73 Å². The number of hydrogen-bond acceptors (Lipinski definition) is 3. The van der Waals surface area contributed by atoms with Gasteiger partial charge in [0.1, 0.15) is 6.04 Å². The van der Waals surface area contributed by atoms with Crippen molar-refractivity contribution in [3.63, 3.8) is 0 Å². The van der Waals surface area contributed by atoms with E-state index in [2.05, 4.69) is 0 Å². The lowest BCUT2D eigenvalue weighted by molar-refractivity contribution is -0.121. The lowest BCUT2D eigenvalue weighted by Crippen LogP contribution is -2.43. The maximum absolute atomic E-state index is 12.2. The van der Waals surface area contributed by atoms with Crippen LogP contribution in [-0.4, -0.2) is 29.3 Å². The molecule has 0 aromatic heterocycles. The first-order valence-electron chi connectivity index (χ1n) is 5.55. The van der Waals surface area contributed by atoms with Crippen LogP contribution in [0.3, 0.4) is 0 Å². The van der Waals surface area contributed by atoms with Crippen LogP contribution in [0.4, 0.5) is 5.69 Å². The van der Waals surface area contributed by atoms with Gasteiger partial charge >= 0.3 is 0 Å². The Kier molecular flexibility index (Phi) is 2.99. The quantitative estimate of drug-likeness (QED) is 0.723. The molecule has 2 rings (SSSR count). The predicted molar refractivity (Wildman–Crippen MR) is 64.1 cm³/mol. The average molecular weight is 233 g/mol. The fourth-order valence-corrected chi connectivity index (χ4v) is 2.14. The summed E-state index contributed by atoms with van der Waals surface area (Å²) in [5.74, 6) is -0.627. The van der Waals surface area contributed by atoms with Crippen LogP contribution in [0.5, 0.6) is 0 Å². The molecule has 4 N–H and O–H groups in total. The molecule has 5 heteroatoms. The SMILES string of the molecule is NC(=O)C1CCCN1C(=O)c1cccc(N)c1. The van der Waals surface area contributed by atoms with E-state index in [0.29, 0.717) is 24.2 Å². The van der Waals surface area contributed by atoms with E-state index in [1.165, 1.54) is 4.90 Å². The van der Waals surface area contributed by atoms with Crippen molar-refractivity contribution >= 4 is 17.5 Å². The first-order valence-corrected chi connectivity index (χ1v) is 5.55. The number of hydrogen-bond donors (Lipinski definition) is 2. The Morgan fingerprint density at radius 2 is 2.12 bits per heavy atom. The van der Waals surface area contributed by atoms with Gasteiger partial charge in [-0.05, 0) is 31.0 Å². The van der Waals surface area contributed by atoms with Crippen molar-refractivity contribution in [1.29, 1.82) is 0 Å². The molecule has 0 radical (unpaired) electrons. The number of carbonyl (C=O) groups excluding carboxylic acids is 2. The van der Waals surface area contributed by atoms with Crippen LogP contribution >= 0.6 is 0 Å². The average Bonchev–Trinajstić information content (AvgIpc) is 2.77. The molecule has 1 saturated heterocycles. The summed E-state index contributed by atoms with van der Waals surface area (Å²) in [7, 11) is 0. The fraction of sp³-hybridized carbons (Fsp3) is 0.333. The van der Waals surface area contributed by atoms with Gasteiger partial charge in [-0.15, -0.1) is 0 Å². The van der Waals surface area contributed by atoms with Crippen LogP contribution in [-0.2, 0) is 4.79 Å². The first-order chi connectivity index (χ1) is 8.09. The highest BCUT2D eigenvalue weighted by Crippen LogP contribution is 2.20. The number of nitrogens with two attached hydrogens (primary N) is 2. The molecular weight excluding hydrogens is 218 g/mol. The van der Waals surface area contributed by atoms with Gasteiger partial charge in [-0.2, -0.15) is 0 Å². The number of nitrogens with zero attached hydrogens (tertiary/aromatic N) is 1.